The zero-order valence-electron chi connectivity index (χ0n) is 16.6. The predicted octanol–water partition coefficient (Wildman–Crippen LogP) is 6.80. The SMILES string of the molecule is CC1=CC2C3=C(CC(C)C(C)C3)C3CC(C)C(C)CC3C2C=C1C. The van der Waals surface area contributed by atoms with Crippen LogP contribution in [0.4, 0.5) is 0 Å². The van der Waals surface area contributed by atoms with Crippen molar-refractivity contribution in [1.29, 1.82) is 0 Å². The van der Waals surface area contributed by atoms with Gasteiger partial charge in [0, 0.05) is 5.92 Å². The van der Waals surface area contributed by atoms with Gasteiger partial charge in [-0.25, -0.2) is 0 Å². The van der Waals surface area contributed by atoms with E-state index in [2.05, 4.69) is 53.7 Å². The van der Waals surface area contributed by atoms with Crippen molar-refractivity contribution >= 4 is 0 Å². The third-order valence-corrected chi connectivity index (χ3v) is 8.48. The zero-order chi connectivity index (χ0) is 17.2. The van der Waals surface area contributed by atoms with Crippen molar-refractivity contribution in [3.8, 4) is 0 Å². The summed E-state index contributed by atoms with van der Waals surface area (Å²) in [6, 6.07) is 0. The minimum Gasteiger partial charge on any atom is -0.0770 e. The highest BCUT2D eigenvalue weighted by Crippen LogP contribution is 2.58. The van der Waals surface area contributed by atoms with Crippen molar-refractivity contribution in [1.82, 2.24) is 0 Å². The predicted molar refractivity (Wildman–Crippen MR) is 104 cm³/mol. The monoisotopic (exact) mass is 324 g/mol. The van der Waals surface area contributed by atoms with Crippen LogP contribution in [0.3, 0.4) is 0 Å². The van der Waals surface area contributed by atoms with E-state index in [1.54, 1.807) is 5.57 Å². The first-order valence-corrected chi connectivity index (χ1v) is 10.5. The third kappa shape index (κ3) is 2.47. The molecule has 0 radical (unpaired) electrons. The van der Waals surface area contributed by atoms with Gasteiger partial charge >= 0.3 is 0 Å². The van der Waals surface area contributed by atoms with Crippen molar-refractivity contribution < 1.29 is 0 Å². The van der Waals surface area contributed by atoms with Gasteiger partial charge in [-0.1, -0.05) is 62.1 Å². The second-order valence-electron chi connectivity index (χ2n) is 9.91. The number of allylic oxidation sites excluding steroid dienone is 6. The summed E-state index contributed by atoms with van der Waals surface area (Å²) in [5.74, 6) is 6.83. The quantitative estimate of drug-likeness (QED) is 0.430. The molecule has 0 aromatic heterocycles. The lowest BCUT2D eigenvalue weighted by Crippen LogP contribution is -2.44. The van der Waals surface area contributed by atoms with Crippen LogP contribution in [0.2, 0.25) is 0 Å². The fourth-order valence-corrected chi connectivity index (χ4v) is 6.32. The van der Waals surface area contributed by atoms with Crippen LogP contribution in [0, 0.1) is 47.3 Å². The normalized spacial score (nSPS) is 48.1. The minimum atomic E-state index is 0.723. The summed E-state index contributed by atoms with van der Waals surface area (Å²) in [6.07, 6.45) is 11.0. The lowest BCUT2D eigenvalue weighted by molar-refractivity contribution is 0.0851. The Morgan fingerprint density at radius 2 is 1.29 bits per heavy atom. The van der Waals surface area contributed by atoms with E-state index < -0.39 is 0 Å². The van der Waals surface area contributed by atoms with Crippen molar-refractivity contribution in [2.24, 2.45) is 47.3 Å². The van der Waals surface area contributed by atoms with E-state index >= 15 is 0 Å². The molecule has 1 fully saturated rings. The van der Waals surface area contributed by atoms with E-state index in [1.165, 1.54) is 31.3 Å². The van der Waals surface area contributed by atoms with E-state index in [4.69, 9.17) is 0 Å². The molecule has 4 aliphatic rings. The maximum absolute atomic E-state index is 2.67. The van der Waals surface area contributed by atoms with Crippen LogP contribution in [-0.2, 0) is 0 Å². The zero-order valence-corrected chi connectivity index (χ0v) is 16.6. The van der Waals surface area contributed by atoms with Gasteiger partial charge in [0.05, 0.1) is 0 Å². The van der Waals surface area contributed by atoms with Crippen molar-refractivity contribution in [3.63, 3.8) is 0 Å². The van der Waals surface area contributed by atoms with Crippen LogP contribution in [0.1, 0.15) is 67.2 Å². The highest BCUT2D eigenvalue weighted by molar-refractivity contribution is 5.42. The van der Waals surface area contributed by atoms with Crippen molar-refractivity contribution in [2.75, 3.05) is 0 Å². The largest absolute Gasteiger partial charge is 0.0770 e. The molecule has 0 aromatic carbocycles. The van der Waals surface area contributed by atoms with Gasteiger partial charge in [-0.15, -0.1) is 0 Å². The summed E-state index contributed by atoms with van der Waals surface area (Å²) in [4.78, 5) is 0. The second-order valence-corrected chi connectivity index (χ2v) is 9.91. The summed E-state index contributed by atoms with van der Waals surface area (Å²) in [5.41, 5.74) is 6.87. The first-order valence-electron chi connectivity index (χ1n) is 10.5. The standard InChI is InChI=1S/C24H36/c1-13-7-19-20(8-14(13)2)22-10-16(4)18(6)12-24(22)23-11-17(5)15(3)9-21(19)23/h7-8,15-21,23H,9-12H2,1-6H3. The molecule has 0 aliphatic heterocycles. The average molecular weight is 325 g/mol. The smallest absolute Gasteiger partial charge is 0.00514 e. The third-order valence-electron chi connectivity index (χ3n) is 8.48. The molecule has 0 N–H and O–H groups in total. The van der Waals surface area contributed by atoms with E-state index in [-0.39, 0.29) is 0 Å². The fourth-order valence-electron chi connectivity index (χ4n) is 6.32. The van der Waals surface area contributed by atoms with Gasteiger partial charge in [0.1, 0.15) is 0 Å². The van der Waals surface area contributed by atoms with Gasteiger partial charge < -0.3 is 0 Å². The number of rotatable bonds is 0. The van der Waals surface area contributed by atoms with Gasteiger partial charge in [-0.2, -0.15) is 0 Å². The molecule has 4 rings (SSSR count). The summed E-state index contributed by atoms with van der Waals surface area (Å²) in [7, 11) is 0. The maximum atomic E-state index is 2.67. The molecule has 132 valence electrons. The molecule has 0 bridgehead atoms. The molecule has 0 saturated heterocycles. The average Bonchev–Trinajstić information content (AvgIpc) is 2.53. The Balaban J connectivity index is 1.81. The molecule has 0 heteroatoms. The highest BCUT2D eigenvalue weighted by Gasteiger charge is 2.48. The molecular weight excluding hydrogens is 288 g/mol. The molecular formula is C24H36. The Hall–Kier alpha value is -0.780. The van der Waals surface area contributed by atoms with Gasteiger partial charge in [0.2, 0.25) is 0 Å². The molecule has 8 unspecified atom stereocenters. The topological polar surface area (TPSA) is 0 Å². The van der Waals surface area contributed by atoms with Crippen LogP contribution in [-0.4, -0.2) is 0 Å². The number of hydrogen-bond donors (Lipinski definition) is 0. The summed E-state index contributed by atoms with van der Waals surface area (Å²) >= 11 is 0. The lowest BCUT2D eigenvalue weighted by Gasteiger charge is -2.53. The van der Waals surface area contributed by atoms with Crippen LogP contribution < -0.4 is 0 Å². The van der Waals surface area contributed by atoms with Gasteiger partial charge in [0.25, 0.3) is 0 Å². The van der Waals surface area contributed by atoms with Gasteiger partial charge in [-0.3, -0.25) is 0 Å². The molecule has 8 atom stereocenters. The van der Waals surface area contributed by atoms with Crippen LogP contribution in [0.5, 0.6) is 0 Å². The first kappa shape index (κ1) is 16.7. The van der Waals surface area contributed by atoms with Gasteiger partial charge in [0.15, 0.2) is 0 Å². The summed E-state index contributed by atoms with van der Waals surface area (Å²) < 4.78 is 0. The highest BCUT2D eigenvalue weighted by atomic mass is 14.5. The number of fused-ring (bicyclic) bond motifs is 5. The van der Waals surface area contributed by atoms with E-state index in [0.29, 0.717) is 0 Å². The van der Waals surface area contributed by atoms with Crippen LogP contribution in [0.15, 0.2) is 34.4 Å². The molecule has 0 spiro atoms. The summed E-state index contributed by atoms with van der Waals surface area (Å²) in [6.45, 7) is 14.7. The Bertz CT molecular complexity index is 616. The van der Waals surface area contributed by atoms with E-state index in [0.717, 1.165) is 47.3 Å². The molecule has 0 heterocycles. The van der Waals surface area contributed by atoms with Crippen LogP contribution in [0.25, 0.3) is 0 Å². The lowest BCUT2D eigenvalue weighted by atomic mass is 9.51. The van der Waals surface area contributed by atoms with E-state index in [1.807, 2.05) is 11.1 Å². The first-order chi connectivity index (χ1) is 11.4. The molecule has 0 aromatic rings. The van der Waals surface area contributed by atoms with Crippen molar-refractivity contribution in [3.05, 3.63) is 34.4 Å². The number of hydrogen-bond acceptors (Lipinski definition) is 0. The molecule has 1 saturated carbocycles. The molecule has 0 amide bonds. The van der Waals surface area contributed by atoms with Crippen LogP contribution >= 0.6 is 0 Å². The Morgan fingerprint density at radius 1 is 0.708 bits per heavy atom. The maximum Gasteiger partial charge on any atom is 0.00514 e. The second kappa shape index (κ2) is 5.89. The Kier molecular flexibility index (Phi) is 4.09. The molecule has 4 aliphatic carbocycles. The Labute approximate surface area is 149 Å². The minimum absolute atomic E-state index is 0.723. The summed E-state index contributed by atoms with van der Waals surface area (Å²) in [5, 5.41) is 0. The fraction of sp³-hybridized carbons (Fsp3) is 0.750. The van der Waals surface area contributed by atoms with Crippen molar-refractivity contribution in [2.45, 2.75) is 67.2 Å². The van der Waals surface area contributed by atoms with E-state index in [9.17, 15) is 0 Å². The van der Waals surface area contributed by atoms with Gasteiger partial charge in [-0.05, 0) is 81.0 Å². The molecule has 24 heavy (non-hydrogen) atoms. The Morgan fingerprint density at radius 3 is 2.00 bits per heavy atom. The molecule has 0 nitrogen and oxygen atoms in total.